The Bertz CT molecular complexity index is 486. The predicted molar refractivity (Wildman–Crippen MR) is 66.8 cm³/mol. The van der Waals surface area contributed by atoms with Crippen molar-refractivity contribution >= 4 is 6.09 Å². The highest BCUT2D eigenvalue weighted by molar-refractivity contribution is 5.70. The SMILES string of the molecule is Cc1cccc(O[C@@H]2CCN3C[C@@H]2OC3=O)c1C. The van der Waals surface area contributed by atoms with Crippen LogP contribution in [0.25, 0.3) is 0 Å². The Morgan fingerprint density at radius 2 is 2.22 bits per heavy atom. The molecule has 1 amide bonds. The number of hydrogen-bond donors (Lipinski definition) is 0. The van der Waals surface area contributed by atoms with Crippen LogP contribution in [-0.2, 0) is 4.74 Å². The molecule has 2 atom stereocenters. The van der Waals surface area contributed by atoms with Gasteiger partial charge in [0.05, 0.1) is 6.54 Å². The van der Waals surface area contributed by atoms with Crippen LogP contribution < -0.4 is 4.74 Å². The van der Waals surface area contributed by atoms with E-state index in [9.17, 15) is 4.79 Å². The molecule has 18 heavy (non-hydrogen) atoms. The lowest BCUT2D eigenvalue weighted by atomic mass is 10.1. The van der Waals surface area contributed by atoms with Crippen LogP contribution in [0.5, 0.6) is 5.75 Å². The Hall–Kier alpha value is -1.71. The highest BCUT2D eigenvalue weighted by Crippen LogP contribution is 2.28. The summed E-state index contributed by atoms with van der Waals surface area (Å²) in [7, 11) is 0. The minimum atomic E-state index is -0.202. The van der Waals surface area contributed by atoms with Gasteiger partial charge in [-0.25, -0.2) is 4.79 Å². The number of carbonyl (C=O) groups excluding carboxylic acids is 1. The van der Waals surface area contributed by atoms with E-state index in [1.54, 1.807) is 4.90 Å². The van der Waals surface area contributed by atoms with Gasteiger partial charge in [0.15, 0.2) is 6.10 Å². The van der Waals surface area contributed by atoms with Crippen molar-refractivity contribution in [3.8, 4) is 5.75 Å². The summed E-state index contributed by atoms with van der Waals surface area (Å²) in [6, 6.07) is 6.04. The zero-order chi connectivity index (χ0) is 12.7. The summed E-state index contributed by atoms with van der Waals surface area (Å²) in [4.78, 5) is 13.2. The maximum absolute atomic E-state index is 11.4. The van der Waals surface area contributed by atoms with Crippen molar-refractivity contribution in [3.63, 3.8) is 0 Å². The van der Waals surface area contributed by atoms with Crippen LogP contribution in [0.2, 0.25) is 0 Å². The molecule has 2 heterocycles. The molecule has 1 aromatic carbocycles. The van der Waals surface area contributed by atoms with E-state index >= 15 is 0 Å². The van der Waals surface area contributed by atoms with E-state index < -0.39 is 0 Å². The normalized spacial score (nSPS) is 26.1. The van der Waals surface area contributed by atoms with Crippen LogP contribution in [0.15, 0.2) is 18.2 Å². The topological polar surface area (TPSA) is 38.8 Å². The smallest absolute Gasteiger partial charge is 0.410 e. The van der Waals surface area contributed by atoms with Gasteiger partial charge >= 0.3 is 6.09 Å². The third kappa shape index (κ3) is 1.82. The van der Waals surface area contributed by atoms with Crippen molar-refractivity contribution in [2.75, 3.05) is 13.1 Å². The van der Waals surface area contributed by atoms with Gasteiger partial charge in [-0.1, -0.05) is 12.1 Å². The molecule has 0 unspecified atom stereocenters. The van der Waals surface area contributed by atoms with Crippen LogP contribution in [-0.4, -0.2) is 36.3 Å². The minimum Gasteiger partial charge on any atom is -0.486 e. The van der Waals surface area contributed by atoms with Crippen LogP contribution in [0.1, 0.15) is 17.5 Å². The zero-order valence-corrected chi connectivity index (χ0v) is 10.7. The molecule has 2 aliphatic heterocycles. The highest BCUT2D eigenvalue weighted by atomic mass is 16.6. The maximum Gasteiger partial charge on any atom is 0.410 e. The molecule has 2 saturated heterocycles. The van der Waals surface area contributed by atoms with Crippen LogP contribution in [0.3, 0.4) is 0 Å². The van der Waals surface area contributed by atoms with E-state index in [-0.39, 0.29) is 18.3 Å². The average molecular weight is 247 g/mol. The second-order valence-corrected chi connectivity index (χ2v) is 5.01. The fourth-order valence-corrected chi connectivity index (χ4v) is 2.53. The molecule has 2 aliphatic rings. The van der Waals surface area contributed by atoms with E-state index in [1.165, 1.54) is 5.56 Å². The predicted octanol–water partition coefficient (Wildman–Crippen LogP) is 2.28. The molecular formula is C14H17NO3. The average Bonchev–Trinajstić information content (AvgIpc) is 2.65. The first-order valence-electron chi connectivity index (χ1n) is 6.33. The van der Waals surface area contributed by atoms with E-state index in [2.05, 4.69) is 19.9 Å². The third-order valence-electron chi connectivity index (χ3n) is 3.84. The molecule has 0 N–H and O–H groups in total. The number of benzene rings is 1. The first-order valence-corrected chi connectivity index (χ1v) is 6.33. The molecule has 0 saturated carbocycles. The second-order valence-electron chi connectivity index (χ2n) is 5.01. The Labute approximate surface area is 106 Å². The van der Waals surface area contributed by atoms with Crippen molar-refractivity contribution in [3.05, 3.63) is 29.3 Å². The number of nitrogens with zero attached hydrogens (tertiary/aromatic N) is 1. The molecule has 0 radical (unpaired) electrons. The van der Waals surface area contributed by atoms with E-state index in [0.29, 0.717) is 6.54 Å². The molecule has 3 rings (SSSR count). The number of ether oxygens (including phenoxy) is 2. The van der Waals surface area contributed by atoms with Gasteiger partial charge in [0.1, 0.15) is 11.9 Å². The van der Waals surface area contributed by atoms with Gasteiger partial charge in [0.2, 0.25) is 0 Å². The Kier molecular flexibility index (Phi) is 2.65. The molecule has 0 aliphatic carbocycles. The monoisotopic (exact) mass is 247 g/mol. The Balaban J connectivity index is 1.77. The molecule has 2 bridgehead atoms. The third-order valence-corrected chi connectivity index (χ3v) is 3.84. The summed E-state index contributed by atoms with van der Waals surface area (Å²) in [6.45, 7) is 5.51. The fourth-order valence-electron chi connectivity index (χ4n) is 2.53. The lowest BCUT2D eigenvalue weighted by Crippen LogP contribution is -2.42. The molecular weight excluding hydrogens is 230 g/mol. The van der Waals surface area contributed by atoms with Gasteiger partial charge in [0, 0.05) is 13.0 Å². The summed E-state index contributed by atoms with van der Waals surface area (Å²) in [6.07, 6.45) is 0.496. The summed E-state index contributed by atoms with van der Waals surface area (Å²) >= 11 is 0. The number of aryl methyl sites for hydroxylation is 1. The largest absolute Gasteiger partial charge is 0.486 e. The number of hydrogen-bond acceptors (Lipinski definition) is 3. The van der Waals surface area contributed by atoms with Crippen molar-refractivity contribution in [2.24, 2.45) is 0 Å². The van der Waals surface area contributed by atoms with Gasteiger partial charge in [0.25, 0.3) is 0 Å². The van der Waals surface area contributed by atoms with Gasteiger partial charge in [-0.3, -0.25) is 0 Å². The van der Waals surface area contributed by atoms with Gasteiger partial charge in [-0.15, -0.1) is 0 Å². The zero-order valence-electron chi connectivity index (χ0n) is 10.7. The highest BCUT2D eigenvalue weighted by Gasteiger charge is 2.42. The van der Waals surface area contributed by atoms with Crippen LogP contribution in [0.4, 0.5) is 4.79 Å². The second kappa shape index (κ2) is 4.19. The Morgan fingerprint density at radius 1 is 1.39 bits per heavy atom. The van der Waals surface area contributed by atoms with E-state index in [0.717, 1.165) is 24.3 Å². The first kappa shape index (κ1) is 11.4. The lowest BCUT2D eigenvalue weighted by Gasteiger charge is -2.28. The standard InChI is InChI=1S/C14H17NO3/c1-9-4-3-5-11(10(9)2)17-12-6-7-15-8-13(12)18-14(15)16/h3-5,12-13H,6-8H2,1-2H3/t12-,13+/m1/s1. The summed E-state index contributed by atoms with van der Waals surface area (Å²) < 4.78 is 11.3. The number of fused-ring (bicyclic) bond motifs is 2. The Morgan fingerprint density at radius 3 is 3.06 bits per heavy atom. The molecule has 2 fully saturated rings. The number of carbonyl (C=O) groups is 1. The number of piperidine rings is 1. The summed E-state index contributed by atoms with van der Waals surface area (Å²) in [5.74, 6) is 0.899. The molecule has 0 spiro atoms. The van der Waals surface area contributed by atoms with Gasteiger partial charge < -0.3 is 14.4 Å². The van der Waals surface area contributed by atoms with Crippen molar-refractivity contribution in [1.29, 1.82) is 0 Å². The van der Waals surface area contributed by atoms with Crippen molar-refractivity contribution < 1.29 is 14.3 Å². The molecule has 4 heteroatoms. The summed E-state index contributed by atoms with van der Waals surface area (Å²) in [5.41, 5.74) is 2.37. The van der Waals surface area contributed by atoms with E-state index in [4.69, 9.17) is 9.47 Å². The molecule has 1 aromatic rings. The number of amides is 1. The van der Waals surface area contributed by atoms with Crippen LogP contribution >= 0.6 is 0 Å². The van der Waals surface area contributed by atoms with Gasteiger partial charge in [-0.05, 0) is 31.0 Å². The van der Waals surface area contributed by atoms with Gasteiger partial charge in [-0.2, -0.15) is 0 Å². The minimum absolute atomic E-state index is 0.0202. The quantitative estimate of drug-likeness (QED) is 0.804. The fraction of sp³-hybridized carbons (Fsp3) is 0.500. The van der Waals surface area contributed by atoms with Crippen molar-refractivity contribution in [2.45, 2.75) is 32.5 Å². The van der Waals surface area contributed by atoms with Crippen molar-refractivity contribution in [1.82, 2.24) is 4.90 Å². The molecule has 0 aromatic heterocycles. The van der Waals surface area contributed by atoms with Crippen LogP contribution in [0, 0.1) is 13.8 Å². The van der Waals surface area contributed by atoms with E-state index in [1.807, 2.05) is 12.1 Å². The molecule has 96 valence electrons. The first-order chi connectivity index (χ1) is 8.65. The lowest BCUT2D eigenvalue weighted by molar-refractivity contribution is 0.0392. The number of rotatable bonds is 2. The maximum atomic E-state index is 11.4. The molecule has 4 nitrogen and oxygen atoms in total. The summed E-state index contributed by atoms with van der Waals surface area (Å²) in [5, 5.41) is 0.